The molecule has 1 aromatic heterocycles. The molecular weight excluding hydrogens is 470 g/mol. The highest BCUT2D eigenvalue weighted by Gasteiger charge is 2.23. The van der Waals surface area contributed by atoms with Gasteiger partial charge in [-0.05, 0) is 50.1 Å². The molecule has 0 saturated carbocycles. The van der Waals surface area contributed by atoms with Gasteiger partial charge in [-0.2, -0.15) is 4.99 Å². The highest BCUT2D eigenvalue weighted by molar-refractivity contribution is 8.00. The van der Waals surface area contributed by atoms with Crippen LogP contribution in [-0.4, -0.2) is 54.3 Å². The predicted octanol–water partition coefficient (Wildman–Crippen LogP) is 3.89. The van der Waals surface area contributed by atoms with Crippen molar-refractivity contribution >= 4 is 50.8 Å². The molecule has 2 amide bonds. The van der Waals surface area contributed by atoms with Crippen molar-refractivity contribution in [1.29, 1.82) is 0 Å². The van der Waals surface area contributed by atoms with E-state index < -0.39 is 0 Å². The third kappa shape index (κ3) is 5.71. The van der Waals surface area contributed by atoms with Crippen molar-refractivity contribution in [2.75, 3.05) is 42.8 Å². The molecular formula is C25H29N3O4S2. The Hall–Kier alpha value is -2.62. The molecule has 34 heavy (non-hydrogen) atoms. The number of thiazole rings is 1. The van der Waals surface area contributed by atoms with Gasteiger partial charge < -0.3 is 18.9 Å². The number of ether oxygens (including phenoxy) is 2. The zero-order chi connectivity index (χ0) is 23.9. The van der Waals surface area contributed by atoms with Gasteiger partial charge in [0.05, 0.1) is 34.9 Å². The first-order valence-electron chi connectivity index (χ1n) is 11.5. The van der Waals surface area contributed by atoms with E-state index in [9.17, 15) is 9.59 Å². The normalized spacial score (nSPS) is 13.5. The molecule has 1 aliphatic heterocycles. The first kappa shape index (κ1) is 24.5. The summed E-state index contributed by atoms with van der Waals surface area (Å²) >= 11 is 2.77. The summed E-state index contributed by atoms with van der Waals surface area (Å²) < 4.78 is 14.2. The van der Waals surface area contributed by atoms with Gasteiger partial charge in [0.25, 0.3) is 5.91 Å². The number of benzene rings is 2. The van der Waals surface area contributed by atoms with Crippen molar-refractivity contribution in [3.05, 3.63) is 52.8 Å². The maximum Gasteiger partial charge on any atom is 0.258 e. The lowest BCUT2D eigenvalue weighted by atomic mass is 10.2. The summed E-state index contributed by atoms with van der Waals surface area (Å²) in [5, 5.41) is 0. The zero-order valence-corrected chi connectivity index (χ0v) is 21.1. The highest BCUT2D eigenvalue weighted by atomic mass is 32.2. The van der Waals surface area contributed by atoms with Crippen LogP contribution in [0.1, 0.15) is 19.4 Å². The molecule has 0 atom stereocenters. The lowest BCUT2D eigenvalue weighted by Gasteiger charge is -2.16. The fourth-order valence-corrected chi connectivity index (χ4v) is 5.72. The molecule has 0 aliphatic carbocycles. The minimum Gasteiger partial charge on any atom is -0.494 e. The molecule has 4 rings (SSSR count). The first-order valence-corrected chi connectivity index (χ1v) is 13.4. The first-order chi connectivity index (χ1) is 16.6. The molecule has 0 radical (unpaired) electrons. The van der Waals surface area contributed by atoms with Crippen molar-refractivity contribution in [3.8, 4) is 5.75 Å². The van der Waals surface area contributed by atoms with Gasteiger partial charge in [0.2, 0.25) is 5.91 Å². The molecule has 0 spiro atoms. The molecule has 0 bridgehead atoms. The SMILES string of the molecule is CCOCCn1c(=NC(=O)CSCC(=O)N2CCc3ccccc32)sc2cc(OCC)ccc21. The third-order valence-corrected chi connectivity index (χ3v) is 7.43. The lowest BCUT2D eigenvalue weighted by Crippen LogP contribution is -2.30. The van der Waals surface area contributed by atoms with Crippen LogP contribution in [0.4, 0.5) is 5.69 Å². The van der Waals surface area contributed by atoms with Gasteiger partial charge in [-0.15, -0.1) is 11.8 Å². The summed E-state index contributed by atoms with van der Waals surface area (Å²) in [7, 11) is 0. The van der Waals surface area contributed by atoms with Crippen LogP contribution in [0, 0.1) is 0 Å². The Morgan fingerprint density at radius 3 is 2.79 bits per heavy atom. The summed E-state index contributed by atoms with van der Waals surface area (Å²) in [5.41, 5.74) is 3.17. The molecule has 2 heterocycles. The van der Waals surface area contributed by atoms with E-state index in [0.717, 1.165) is 28.1 Å². The second kappa shape index (κ2) is 11.7. The van der Waals surface area contributed by atoms with Crippen LogP contribution in [0.5, 0.6) is 5.75 Å². The number of amides is 2. The number of nitrogens with zero attached hydrogens (tertiary/aromatic N) is 3. The Morgan fingerprint density at radius 1 is 1.12 bits per heavy atom. The zero-order valence-electron chi connectivity index (χ0n) is 19.5. The maximum atomic E-state index is 12.7. The van der Waals surface area contributed by atoms with Crippen LogP contribution in [0.2, 0.25) is 0 Å². The van der Waals surface area contributed by atoms with Gasteiger partial charge in [-0.3, -0.25) is 9.59 Å². The Balaban J connectivity index is 1.44. The molecule has 180 valence electrons. The second-order valence-corrected chi connectivity index (χ2v) is 9.71. The molecule has 1 aliphatic rings. The van der Waals surface area contributed by atoms with Crippen LogP contribution in [-0.2, 0) is 27.3 Å². The number of carbonyl (C=O) groups is 2. The molecule has 3 aromatic rings. The van der Waals surface area contributed by atoms with Gasteiger partial charge in [-0.25, -0.2) is 0 Å². The lowest BCUT2D eigenvalue weighted by molar-refractivity contribution is -0.116. The highest BCUT2D eigenvalue weighted by Crippen LogP contribution is 2.28. The van der Waals surface area contributed by atoms with Crippen LogP contribution in [0.3, 0.4) is 0 Å². The number of anilines is 1. The van der Waals surface area contributed by atoms with Gasteiger partial charge in [0.15, 0.2) is 4.80 Å². The Morgan fingerprint density at radius 2 is 1.97 bits per heavy atom. The van der Waals surface area contributed by atoms with E-state index in [2.05, 4.69) is 11.1 Å². The summed E-state index contributed by atoms with van der Waals surface area (Å²) in [6.07, 6.45) is 0.875. The Kier molecular flexibility index (Phi) is 8.42. The van der Waals surface area contributed by atoms with E-state index in [1.165, 1.54) is 28.7 Å². The van der Waals surface area contributed by atoms with Crippen molar-refractivity contribution in [1.82, 2.24) is 4.57 Å². The second-order valence-electron chi connectivity index (χ2n) is 7.72. The molecule has 0 saturated heterocycles. The molecule has 7 nitrogen and oxygen atoms in total. The number of aromatic nitrogens is 1. The van der Waals surface area contributed by atoms with E-state index in [1.54, 1.807) is 0 Å². The fraction of sp³-hybridized carbons (Fsp3) is 0.400. The fourth-order valence-electron chi connectivity index (χ4n) is 3.95. The Labute approximate surface area is 207 Å². The molecule has 2 aromatic carbocycles. The largest absolute Gasteiger partial charge is 0.494 e. The molecule has 0 N–H and O–H groups in total. The summed E-state index contributed by atoms with van der Waals surface area (Å²) in [6.45, 7) is 6.97. The van der Waals surface area contributed by atoms with Crippen LogP contribution >= 0.6 is 23.1 Å². The summed E-state index contributed by atoms with van der Waals surface area (Å²) in [5.74, 6) is 0.986. The number of hydrogen-bond donors (Lipinski definition) is 0. The summed E-state index contributed by atoms with van der Waals surface area (Å²) in [4.78, 5) is 32.2. The van der Waals surface area contributed by atoms with E-state index in [4.69, 9.17) is 9.47 Å². The third-order valence-electron chi connectivity index (χ3n) is 5.49. The van der Waals surface area contributed by atoms with Gasteiger partial charge >= 0.3 is 0 Å². The minimum absolute atomic E-state index is 0.0276. The minimum atomic E-state index is -0.249. The van der Waals surface area contributed by atoms with Gasteiger partial charge in [0.1, 0.15) is 5.75 Å². The van der Waals surface area contributed by atoms with Gasteiger partial charge in [-0.1, -0.05) is 29.5 Å². The maximum absolute atomic E-state index is 12.7. The van der Waals surface area contributed by atoms with Crippen molar-refractivity contribution in [3.63, 3.8) is 0 Å². The number of fused-ring (bicyclic) bond motifs is 2. The van der Waals surface area contributed by atoms with E-state index in [0.29, 0.717) is 37.7 Å². The van der Waals surface area contributed by atoms with Crippen molar-refractivity contribution < 1.29 is 19.1 Å². The monoisotopic (exact) mass is 499 g/mol. The average Bonchev–Trinajstić information content (AvgIpc) is 3.40. The predicted molar refractivity (Wildman–Crippen MR) is 138 cm³/mol. The number of para-hydroxylation sites is 1. The molecule has 0 fully saturated rings. The van der Waals surface area contributed by atoms with Crippen molar-refractivity contribution in [2.24, 2.45) is 4.99 Å². The summed E-state index contributed by atoms with van der Waals surface area (Å²) in [6, 6.07) is 13.9. The number of hydrogen-bond acceptors (Lipinski definition) is 6. The van der Waals surface area contributed by atoms with Crippen LogP contribution < -0.4 is 14.4 Å². The molecule has 0 unspecified atom stereocenters. The van der Waals surface area contributed by atoms with E-state index >= 15 is 0 Å². The van der Waals surface area contributed by atoms with Crippen molar-refractivity contribution in [2.45, 2.75) is 26.8 Å². The number of carbonyl (C=O) groups excluding carboxylic acids is 2. The number of thioether (sulfide) groups is 1. The molecule has 9 heteroatoms. The topological polar surface area (TPSA) is 73.1 Å². The quantitative estimate of drug-likeness (QED) is 0.396. The average molecular weight is 500 g/mol. The van der Waals surface area contributed by atoms with Crippen LogP contribution in [0.25, 0.3) is 10.2 Å². The smallest absolute Gasteiger partial charge is 0.258 e. The van der Waals surface area contributed by atoms with Gasteiger partial charge in [0, 0.05) is 25.4 Å². The van der Waals surface area contributed by atoms with Crippen LogP contribution in [0.15, 0.2) is 47.5 Å². The standard InChI is InChI=1S/C25H29N3O4S2/c1-3-31-14-13-28-21-10-9-19(32-4-2)15-22(21)34-25(28)26-23(29)16-33-17-24(30)27-12-11-18-7-5-6-8-20(18)27/h5-10,15H,3-4,11-14,16-17H2,1-2H3. The Bertz CT molecular complexity index is 1230. The number of rotatable bonds is 10. The van der Waals surface area contributed by atoms with E-state index in [1.807, 2.05) is 59.7 Å². The van der Waals surface area contributed by atoms with E-state index in [-0.39, 0.29) is 23.3 Å².